The number of amides is 2. The highest BCUT2D eigenvalue weighted by Gasteiger charge is 2.25. The Morgan fingerprint density at radius 1 is 1.12 bits per heavy atom. The number of benzene rings is 1. The summed E-state index contributed by atoms with van der Waals surface area (Å²) >= 11 is 2.85. The Balaban J connectivity index is 1.31. The normalized spacial score (nSPS) is 12.6. The van der Waals surface area contributed by atoms with Gasteiger partial charge in [-0.2, -0.15) is 0 Å². The molecular weight excluding hydrogens is 450 g/mol. The lowest BCUT2D eigenvalue weighted by molar-refractivity contribution is -0.119. The lowest BCUT2D eigenvalue weighted by Gasteiger charge is -2.11. The van der Waals surface area contributed by atoms with Crippen LogP contribution < -0.4 is 15.8 Å². The second-order valence-corrected chi connectivity index (χ2v) is 9.02. The van der Waals surface area contributed by atoms with E-state index in [0.717, 1.165) is 41.8 Å². The maximum atomic E-state index is 12.3. The fourth-order valence-electron chi connectivity index (χ4n) is 3.45. The van der Waals surface area contributed by atoms with Gasteiger partial charge in [0.1, 0.15) is 17.4 Å². The van der Waals surface area contributed by atoms with Crippen LogP contribution in [0.2, 0.25) is 0 Å². The van der Waals surface area contributed by atoms with Crippen molar-refractivity contribution in [3.05, 3.63) is 62.4 Å². The number of carbonyl (C=O) groups is 3. The van der Waals surface area contributed by atoms with Gasteiger partial charge in [-0.25, -0.2) is 9.78 Å². The SMILES string of the molecule is NC(=O)c1c(NC(=O)COC(=O)c2ccc(OCc3cscn3)cc2)sc2c1CCCC2. The molecule has 2 amide bonds. The van der Waals surface area contributed by atoms with E-state index in [-0.39, 0.29) is 0 Å². The molecule has 0 saturated heterocycles. The van der Waals surface area contributed by atoms with E-state index in [9.17, 15) is 14.4 Å². The van der Waals surface area contributed by atoms with Crippen LogP contribution in [0.3, 0.4) is 0 Å². The molecule has 10 heteroatoms. The first-order valence-corrected chi connectivity index (χ1v) is 11.8. The number of thiazole rings is 1. The topological polar surface area (TPSA) is 121 Å². The van der Waals surface area contributed by atoms with Gasteiger partial charge < -0.3 is 20.5 Å². The summed E-state index contributed by atoms with van der Waals surface area (Å²) in [6.07, 6.45) is 3.68. The first kappa shape index (κ1) is 22.0. The largest absolute Gasteiger partial charge is 0.487 e. The average molecular weight is 472 g/mol. The molecule has 3 N–H and O–H groups in total. The highest BCUT2D eigenvalue weighted by molar-refractivity contribution is 7.17. The van der Waals surface area contributed by atoms with Crippen LogP contribution >= 0.6 is 22.7 Å². The second kappa shape index (κ2) is 9.92. The number of thiophene rings is 1. The van der Waals surface area contributed by atoms with Crippen LogP contribution in [0, 0.1) is 0 Å². The van der Waals surface area contributed by atoms with Crippen LogP contribution in [0.4, 0.5) is 5.00 Å². The molecule has 0 spiro atoms. The molecule has 0 saturated carbocycles. The quantitative estimate of drug-likeness (QED) is 0.485. The standard InChI is InChI=1S/C22H21N3O5S2/c23-20(27)19-16-3-1-2-4-17(16)32-21(19)25-18(26)10-30-22(28)13-5-7-15(8-6-13)29-9-14-11-31-12-24-14/h5-8,11-12H,1-4,9-10H2,(H2,23,27)(H,25,26). The van der Waals surface area contributed by atoms with Crippen molar-refractivity contribution in [1.82, 2.24) is 4.98 Å². The van der Waals surface area contributed by atoms with Gasteiger partial charge in [0.15, 0.2) is 6.61 Å². The van der Waals surface area contributed by atoms with Crippen molar-refractivity contribution < 1.29 is 23.9 Å². The van der Waals surface area contributed by atoms with E-state index in [4.69, 9.17) is 15.2 Å². The summed E-state index contributed by atoms with van der Waals surface area (Å²) in [7, 11) is 0. The van der Waals surface area contributed by atoms with Gasteiger partial charge in [0.2, 0.25) is 0 Å². The van der Waals surface area contributed by atoms with E-state index in [0.29, 0.717) is 28.5 Å². The number of nitrogens with zero attached hydrogens (tertiary/aromatic N) is 1. The summed E-state index contributed by atoms with van der Waals surface area (Å²) < 4.78 is 10.7. The monoisotopic (exact) mass is 471 g/mol. The number of primary amides is 1. The zero-order valence-electron chi connectivity index (χ0n) is 17.1. The molecule has 0 radical (unpaired) electrons. The van der Waals surface area contributed by atoms with Gasteiger partial charge in [-0.3, -0.25) is 9.59 Å². The molecule has 1 aliphatic rings. The predicted molar refractivity (Wildman–Crippen MR) is 121 cm³/mol. The van der Waals surface area contributed by atoms with Crippen LogP contribution in [-0.2, 0) is 29.0 Å². The molecule has 0 aliphatic heterocycles. The first-order chi connectivity index (χ1) is 15.5. The van der Waals surface area contributed by atoms with E-state index in [1.807, 2.05) is 5.38 Å². The summed E-state index contributed by atoms with van der Waals surface area (Å²) in [6.45, 7) is -0.130. The number of esters is 1. The Morgan fingerprint density at radius 3 is 2.62 bits per heavy atom. The van der Waals surface area contributed by atoms with Crippen LogP contribution in [0.1, 0.15) is 49.7 Å². The minimum absolute atomic E-state index is 0.295. The van der Waals surface area contributed by atoms with Gasteiger partial charge in [-0.15, -0.1) is 22.7 Å². The minimum atomic E-state index is -0.633. The van der Waals surface area contributed by atoms with Gasteiger partial charge in [0.05, 0.1) is 22.3 Å². The third-order valence-electron chi connectivity index (χ3n) is 4.97. The predicted octanol–water partition coefficient (Wildman–Crippen LogP) is 3.56. The Morgan fingerprint density at radius 2 is 1.91 bits per heavy atom. The van der Waals surface area contributed by atoms with Gasteiger partial charge in [-0.05, 0) is 55.5 Å². The maximum absolute atomic E-state index is 12.3. The van der Waals surface area contributed by atoms with Crippen molar-refractivity contribution in [3.63, 3.8) is 0 Å². The van der Waals surface area contributed by atoms with Crippen LogP contribution in [0.25, 0.3) is 0 Å². The molecule has 2 aromatic heterocycles. The van der Waals surface area contributed by atoms with Crippen molar-refractivity contribution in [3.8, 4) is 5.75 Å². The Bertz CT molecular complexity index is 1120. The van der Waals surface area contributed by atoms with E-state index >= 15 is 0 Å². The van der Waals surface area contributed by atoms with E-state index in [2.05, 4.69) is 10.3 Å². The van der Waals surface area contributed by atoms with Crippen molar-refractivity contribution in [2.75, 3.05) is 11.9 Å². The van der Waals surface area contributed by atoms with Crippen molar-refractivity contribution in [2.24, 2.45) is 5.73 Å². The lowest BCUT2D eigenvalue weighted by Crippen LogP contribution is -2.23. The lowest BCUT2D eigenvalue weighted by atomic mass is 9.95. The number of carbonyl (C=O) groups excluding carboxylic acids is 3. The summed E-state index contributed by atoms with van der Waals surface area (Å²) in [6, 6.07) is 6.43. The highest BCUT2D eigenvalue weighted by atomic mass is 32.1. The third kappa shape index (κ3) is 5.14. The minimum Gasteiger partial charge on any atom is -0.487 e. The molecule has 0 atom stereocenters. The van der Waals surface area contributed by atoms with Crippen LogP contribution in [-0.4, -0.2) is 29.4 Å². The summed E-state index contributed by atoms with van der Waals surface area (Å²) in [4.78, 5) is 41.7. The molecule has 2 heterocycles. The Labute approximate surface area is 192 Å². The molecule has 1 aromatic carbocycles. The number of fused-ring (bicyclic) bond motifs is 1. The molecule has 0 fully saturated rings. The Hall–Kier alpha value is -3.24. The third-order valence-corrected chi connectivity index (χ3v) is 6.81. The smallest absolute Gasteiger partial charge is 0.338 e. The molecule has 8 nitrogen and oxygen atoms in total. The molecule has 0 bridgehead atoms. The second-order valence-electron chi connectivity index (χ2n) is 7.20. The van der Waals surface area contributed by atoms with Crippen molar-refractivity contribution in [1.29, 1.82) is 0 Å². The van der Waals surface area contributed by atoms with Gasteiger partial charge in [0.25, 0.3) is 11.8 Å². The number of anilines is 1. The fourth-order valence-corrected chi connectivity index (χ4v) is 5.30. The molecule has 32 heavy (non-hydrogen) atoms. The number of hydrogen-bond acceptors (Lipinski definition) is 8. The molecule has 4 rings (SSSR count). The van der Waals surface area contributed by atoms with Gasteiger partial charge in [0, 0.05) is 10.3 Å². The van der Waals surface area contributed by atoms with E-state index in [1.54, 1.807) is 29.8 Å². The zero-order valence-corrected chi connectivity index (χ0v) is 18.7. The molecule has 1 aliphatic carbocycles. The maximum Gasteiger partial charge on any atom is 0.338 e. The number of rotatable bonds is 8. The number of nitrogens with one attached hydrogen (secondary N) is 1. The van der Waals surface area contributed by atoms with Crippen LogP contribution in [0.15, 0.2) is 35.2 Å². The van der Waals surface area contributed by atoms with Crippen LogP contribution in [0.5, 0.6) is 5.75 Å². The van der Waals surface area contributed by atoms with Crippen molar-refractivity contribution >= 4 is 45.5 Å². The molecular formula is C22H21N3O5S2. The number of nitrogens with two attached hydrogens (primary N) is 1. The number of aromatic nitrogens is 1. The average Bonchev–Trinajstić information content (AvgIpc) is 3.43. The van der Waals surface area contributed by atoms with E-state index in [1.165, 1.54) is 22.7 Å². The number of hydrogen-bond donors (Lipinski definition) is 2. The van der Waals surface area contributed by atoms with Crippen molar-refractivity contribution in [2.45, 2.75) is 32.3 Å². The summed E-state index contributed by atoms with van der Waals surface area (Å²) in [5, 5.41) is 4.99. The molecule has 166 valence electrons. The van der Waals surface area contributed by atoms with Gasteiger partial charge in [-0.1, -0.05) is 0 Å². The summed E-state index contributed by atoms with van der Waals surface area (Å²) in [5.41, 5.74) is 9.69. The highest BCUT2D eigenvalue weighted by Crippen LogP contribution is 2.37. The number of aryl methyl sites for hydroxylation is 1. The summed E-state index contributed by atoms with van der Waals surface area (Å²) in [5.74, 6) is -1.13. The first-order valence-electron chi connectivity index (χ1n) is 10.0. The molecule has 0 unspecified atom stereocenters. The Kier molecular flexibility index (Phi) is 6.81. The molecule has 3 aromatic rings. The van der Waals surface area contributed by atoms with E-state index < -0.39 is 24.4 Å². The van der Waals surface area contributed by atoms with Gasteiger partial charge >= 0.3 is 5.97 Å². The fraction of sp³-hybridized carbons (Fsp3) is 0.273. The number of ether oxygens (including phenoxy) is 2. The zero-order chi connectivity index (χ0) is 22.5.